The standard InChI is InChI=1S/C22H29FN4O4S/c1-15-21(16(2)31-25-15)32(29,30)27-12-6-7-17(14-27)22(28)24-19-13-18(23)8-9-20(19)26-10-4-3-5-11-26/h8-9,13,17H,3-7,10-12,14H2,1-2H3,(H,24,28). The van der Waals surface area contributed by atoms with Gasteiger partial charge in [0.05, 0.1) is 17.3 Å². The van der Waals surface area contributed by atoms with Crippen molar-refractivity contribution >= 4 is 27.3 Å². The van der Waals surface area contributed by atoms with Crippen molar-refractivity contribution in [1.29, 1.82) is 0 Å². The zero-order valence-electron chi connectivity index (χ0n) is 18.4. The van der Waals surface area contributed by atoms with E-state index in [9.17, 15) is 17.6 Å². The van der Waals surface area contributed by atoms with Crippen LogP contribution in [0.2, 0.25) is 0 Å². The molecule has 1 N–H and O–H groups in total. The van der Waals surface area contributed by atoms with E-state index in [2.05, 4.69) is 15.4 Å². The second kappa shape index (κ2) is 9.19. The molecule has 1 aromatic heterocycles. The van der Waals surface area contributed by atoms with Crippen molar-refractivity contribution in [3.8, 4) is 0 Å². The number of hydrogen-bond donors (Lipinski definition) is 1. The fraction of sp³-hybridized carbons (Fsp3) is 0.545. The lowest BCUT2D eigenvalue weighted by Gasteiger charge is -2.33. The van der Waals surface area contributed by atoms with Crippen molar-refractivity contribution in [2.24, 2.45) is 5.92 Å². The Morgan fingerprint density at radius 2 is 1.91 bits per heavy atom. The molecule has 0 aliphatic carbocycles. The molecule has 10 heteroatoms. The van der Waals surface area contributed by atoms with Gasteiger partial charge < -0.3 is 14.7 Å². The Balaban J connectivity index is 1.52. The van der Waals surface area contributed by atoms with E-state index in [1.807, 2.05) is 0 Å². The molecule has 2 aliphatic heterocycles. The van der Waals surface area contributed by atoms with Crippen molar-refractivity contribution < 1.29 is 22.1 Å². The number of nitrogens with one attached hydrogen (secondary N) is 1. The molecule has 174 valence electrons. The Morgan fingerprint density at radius 3 is 2.59 bits per heavy atom. The lowest BCUT2D eigenvalue weighted by molar-refractivity contribution is -0.120. The lowest BCUT2D eigenvalue weighted by atomic mass is 9.98. The predicted molar refractivity (Wildman–Crippen MR) is 119 cm³/mol. The first-order valence-corrected chi connectivity index (χ1v) is 12.5. The zero-order chi connectivity index (χ0) is 22.9. The molecular formula is C22H29FN4O4S. The van der Waals surface area contributed by atoms with Crippen LogP contribution in [0.4, 0.5) is 15.8 Å². The monoisotopic (exact) mass is 464 g/mol. The molecule has 1 amide bonds. The van der Waals surface area contributed by atoms with Crippen molar-refractivity contribution in [3.63, 3.8) is 0 Å². The van der Waals surface area contributed by atoms with Crippen LogP contribution in [0.1, 0.15) is 43.6 Å². The molecule has 2 aromatic rings. The minimum absolute atomic E-state index is 0.0621. The molecule has 3 heterocycles. The smallest absolute Gasteiger partial charge is 0.248 e. The number of amides is 1. The molecule has 2 fully saturated rings. The van der Waals surface area contributed by atoms with Gasteiger partial charge in [-0.25, -0.2) is 12.8 Å². The van der Waals surface area contributed by atoms with Crippen LogP contribution in [0.3, 0.4) is 0 Å². The van der Waals surface area contributed by atoms with Crippen molar-refractivity contribution in [2.45, 2.75) is 50.8 Å². The topological polar surface area (TPSA) is 95.8 Å². The molecule has 0 radical (unpaired) electrons. The number of hydrogen-bond acceptors (Lipinski definition) is 6. The molecule has 1 atom stereocenters. The molecule has 0 spiro atoms. The first-order valence-electron chi connectivity index (χ1n) is 11.1. The number of benzene rings is 1. The van der Waals surface area contributed by atoms with Gasteiger partial charge in [-0.15, -0.1) is 0 Å². The van der Waals surface area contributed by atoms with E-state index in [1.165, 1.54) is 16.4 Å². The zero-order valence-corrected chi connectivity index (χ0v) is 19.3. The molecule has 1 aromatic carbocycles. The van der Waals surface area contributed by atoms with E-state index in [0.717, 1.165) is 38.0 Å². The van der Waals surface area contributed by atoms with Gasteiger partial charge in [0.15, 0.2) is 5.76 Å². The maximum atomic E-state index is 14.0. The van der Waals surface area contributed by atoms with Crippen LogP contribution in [0, 0.1) is 25.6 Å². The van der Waals surface area contributed by atoms with Gasteiger partial charge >= 0.3 is 0 Å². The number of carbonyl (C=O) groups is 1. The molecular weight excluding hydrogens is 435 g/mol. The average molecular weight is 465 g/mol. The lowest BCUT2D eigenvalue weighted by Crippen LogP contribution is -2.44. The average Bonchev–Trinajstić information content (AvgIpc) is 3.13. The van der Waals surface area contributed by atoms with Crippen LogP contribution in [0.15, 0.2) is 27.6 Å². The van der Waals surface area contributed by atoms with Crippen LogP contribution in [-0.4, -0.2) is 50.0 Å². The Morgan fingerprint density at radius 1 is 1.16 bits per heavy atom. The number of piperidine rings is 2. The van der Waals surface area contributed by atoms with Gasteiger partial charge in [0.25, 0.3) is 0 Å². The number of aromatic nitrogens is 1. The van der Waals surface area contributed by atoms with Crippen molar-refractivity contribution in [2.75, 3.05) is 36.4 Å². The molecule has 1 unspecified atom stereocenters. The van der Waals surface area contributed by atoms with Crippen LogP contribution in [0.25, 0.3) is 0 Å². The normalized spacial score (nSPS) is 20.3. The molecule has 0 saturated carbocycles. The second-order valence-corrected chi connectivity index (χ2v) is 10.4. The molecule has 4 rings (SSSR count). The minimum Gasteiger partial charge on any atom is -0.370 e. The molecule has 2 aliphatic rings. The van der Waals surface area contributed by atoms with Crippen LogP contribution in [-0.2, 0) is 14.8 Å². The number of rotatable bonds is 5. The van der Waals surface area contributed by atoms with E-state index in [0.29, 0.717) is 30.8 Å². The number of halogens is 1. The van der Waals surface area contributed by atoms with E-state index in [1.54, 1.807) is 19.9 Å². The number of nitrogens with zero attached hydrogens (tertiary/aromatic N) is 3. The van der Waals surface area contributed by atoms with Crippen LogP contribution in [0.5, 0.6) is 0 Å². The maximum Gasteiger partial charge on any atom is 0.248 e. The number of sulfonamides is 1. The third-order valence-electron chi connectivity index (χ3n) is 6.23. The Kier molecular flexibility index (Phi) is 6.52. The number of carbonyl (C=O) groups excluding carboxylic acids is 1. The summed E-state index contributed by atoms with van der Waals surface area (Å²) in [5.74, 6) is -1.02. The summed E-state index contributed by atoms with van der Waals surface area (Å²) >= 11 is 0. The van der Waals surface area contributed by atoms with Gasteiger partial charge in [0.2, 0.25) is 15.9 Å². The van der Waals surface area contributed by atoms with E-state index < -0.39 is 21.8 Å². The second-order valence-electron chi connectivity index (χ2n) is 8.55. The van der Waals surface area contributed by atoms with E-state index >= 15 is 0 Å². The molecule has 2 saturated heterocycles. The maximum absolute atomic E-state index is 14.0. The first-order chi connectivity index (χ1) is 15.3. The highest BCUT2D eigenvalue weighted by molar-refractivity contribution is 7.89. The fourth-order valence-electron chi connectivity index (χ4n) is 4.60. The predicted octanol–water partition coefficient (Wildman–Crippen LogP) is 3.46. The van der Waals surface area contributed by atoms with Gasteiger partial charge in [-0.2, -0.15) is 4.31 Å². The van der Waals surface area contributed by atoms with Crippen molar-refractivity contribution in [1.82, 2.24) is 9.46 Å². The summed E-state index contributed by atoms with van der Waals surface area (Å²) in [6, 6.07) is 4.44. The number of aryl methyl sites for hydroxylation is 2. The third kappa shape index (κ3) is 4.52. The van der Waals surface area contributed by atoms with Crippen LogP contribution < -0.4 is 10.2 Å². The fourth-order valence-corrected chi connectivity index (χ4v) is 6.42. The summed E-state index contributed by atoms with van der Waals surface area (Å²) in [4.78, 5) is 15.3. The summed E-state index contributed by atoms with van der Waals surface area (Å²) in [7, 11) is -3.82. The Labute approximate surface area is 187 Å². The van der Waals surface area contributed by atoms with E-state index in [4.69, 9.17) is 4.52 Å². The third-order valence-corrected chi connectivity index (χ3v) is 8.34. The summed E-state index contributed by atoms with van der Waals surface area (Å²) in [6.07, 6.45) is 4.40. The molecule has 8 nitrogen and oxygen atoms in total. The first kappa shape index (κ1) is 22.7. The summed E-state index contributed by atoms with van der Waals surface area (Å²) in [5.41, 5.74) is 1.54. The highest BCUT2D eigenvalue weighted by Gasteiger charge is 2.36. The van der Waals surface area contributed by atoms with Gasteiger partial charge in [0.1, 0.15) is 16.4 Å². The SMILES string of the molecule is Cc1noc(C)c1S(=O)(=O)N1CCCC(C(=O)Nc2cc(F)ccc2N2CCCCC2)C1. The summed E-state index contributed by atoms with van der Waals surface area (Å²) < 4.78 is 46.7. The highest BCUT2D eigenvalue weighted by atomic mass is 32.2. The van der Waals surface area contributed by atoms with Crippen molar-refractivity contribution in [3.05, 3.63) is 35.5 Å². The summed E-state index contributed by atoms with van der Waals surface area (Å²) in [6.45, 7) is 5.27. The minimum atomic E-state index is -3.82. The quantitative estimate of drug-likeness (QED) is 0.728. The van der Waals surface area contributed by atoms with Gasteiger partial charge in [-0.1, -0.05) is 5.16 Å². The Hall–Kier alpha value is -2.46. The Bertz CT molecular complexity index is 1080. The molecule has 32 heavy (non-hydrogen) atoms. The molecule has 0 bridgehead atoms. The number of anilines is 2. The summed E-state index contributed by atoms with van der Waals surface area (Å²) in [5, 5.41) is 6.62. The van der Waals surface area contributed by atoms with Gasteiger partial charge in [-0.3, -0.25) is 4.79 Å². The highest BCUT2D eigenvalue weighted by Crippen LogP contribution is 2.32. The largest absolute Gasteiger partial charge is 0.370 e. The van der Waals surface area contributed by atoms with Crippen LogP contribution >= 0.6 is 0 Å². The van der Waals surface area contributed by atoms with Gasteiger partial charge in [-0.05, 0) is 64.2 Å². The van der Waals surface area contributed by atoms with E-state index in [-0.39, 0.29) is 23.1 Å². The van der Waals surface area contributed by atoms with Gasteiger partial charge in [0, 0.05) is 26.2 Å².